The van der Waals surface area contributed by atoms with E-state index in [-0.39, 0.29) is 5.91 Å². The molecule has 18 heavy (non-hydrogen) atoms. The zero-order chi connectivity index (χ0) is 13.1. The van der Waals surface area contributed by atoms with E-state index in [2.05, 4.69) is 5.32 Å². The van der Waals surface area contributed by atoms with Crippen molar-refractivity contribution in [1.82, 2.24) is 5.32 Å². The average molecular weight is 265 g/mol. The van der Waals surface area contributed by atoms with Crippen LogP contribution in [0.2, 0.25) is 5.02 Å². The molecule has 1 heterocycles. The Morgan fingerprint density at radius 2 is 2.17 bits per heavy atom. The topological polar surface area (TPSA) is 68.3 Å². The summed E-state index contributed by atoms with van der Waals surface area (Å²) in [6, 6.07) is 8.61. The molecule has 2 rings (SSSR count). The van der Waals surface area contributed by atoms with Crippen LogP contribution in [0, 0.1) is 6.92 Å². The Hall–Kier alpha value is -1.94. The van der Waals surface area contributed by atoms with Crippen molar-refractivity contribution in [2.45, 2.75) is 13.5 Å². The molecule has 94 valence electrons. The standard InChI is InChI=1S/C13H13ClN2O2/c1-8-5-6-9(18-8)7-16-13(17)12-10(14)3-2-4-11(12)15/h2-6H,7,15H2,1H3,(H,16,17). The van der Waals surface area contributed by atoms with Crippen LogP contribution >= 0.6 is 11.6 Å². The van der Waals surface area contributed by atoms with E-state index in [1.807, 2.05) is 19.1 Å². The highest BCUT2D eigenvalue weighted by molar-refractivity contribution is 6.34. The van der Waals surface area contributed by atoms with Crippen molar-refractivity contribution in [1.29, 1.82) is 0 Å². The van der Waals surface area contributed by atoms with Gasteiger partial charge >= 0.3 is 0 Å². The van der Waals surface area contributed by atoms with Crippen molar-refractivity contribution in [2.75, 3.05) is 5.73 Å². The fraction of sp³-hybridized carbons (Fsp3) is 0.154. The van der Waals surface area contributed by atoms with E-state index < -0.39 is 0 Å². The Kier molecular flexibility index (Phi) is 3.58. The summed E-state index contributed by atoms with van der Waals surface area (Å²) in [5.41, 5.74) is 6.38. The molecule has 0 spiro atoms. The molecular weight excluding hydrogens is 252 g/mol. The van der Waals surface area contributed by atoms with Crippen molar-refractivity contribution < 1.29 is 9.21 Å². The van der Waals surface area contributed by atoms with Crippen molar-refractivity contribution in [3.8, 4) is 0 Å². The smallest absolute Gasteiger partial charge is 0.255 e. The Balaban J connectivity index is 2.08. The van der Waals surface area contributed by atoms with Crippen LogP contribution < -0.4 is 11.1 Å². The molecule has 1 aromatic carbocycles. The van der Waals surface area contributed by atoms with E-state index in [1.165, 1.54) is 0 Å². The first kappa shape index (κ1) is 12.5. The molecule has 5 heteroatoms. The number of hydrogen-bond donors (Lipinski definition) is 2. The molecule has 0 radical (unpaired) electrons. The van der Waals surface area contributed by atoms with Crippen molar-refractivity contribution in [3.63, 3.8) is 0 Å². The van der Waals surface area contributed by atoms with Crippen LogP contribution in [0.15, 0.2) is 34.7 Å². The van der Waals surface area contributed by atoms with Gasteiger partial charge < -0.3 is 15.5 Å². The number of nitrogens with one attached hydrogen (secondary N) is 1. The molecule has 0 saturated heterocycles. The van der Waals surface area contributed by atoms with Crippen LogP contribution in [0.25, 0.3) is 0 Å². The molecule has 0 saturated carbocycles. The van der Waals surface area contributed by atoms with Gasteiger partial charge in [-0.3, -0.25) is 4.79 Å². The molecule has 0 aliphatic rings. The maximum Gasteiger partial charge on any atom is 0.255 e. The Morgan fingerprint density at radius 1 is 1.39 bits per heavy atom. The summed E-state index contributed by atoms with van der Waals surface area (Å²) in [5.74, 6) is 1.18. The molecule has 0 fully saturated rings. The molecule has 0 unspecified atom stereocenters. The SMILES string of the molecule is Cc1ccc(CNC(=O)c2c(N)cccc2Cl)o1. The van der Waals surface area contributed by atoms with Crippen molar-refractivity contribution >= 4 is 23.2 Å². The minimum absolute atomic E-state index is 0.294. The summed E-state index contributed by atoms with van der Waals surface area (Å²) in [7, 11) is 0. The molecule has 1 amide bonds. The van der Waals surface area contributed by atoms with Crippen LogP contribution in [0.3, 0.4) is 0 Å². The third-order valence-electron chi connectivity index (χ3n) is 2.49. The minimum Gasteiger partial charge on any atom is -0.465 e. The van der Waals surface area contributed by atoms with Gasteiger partial charge in [0.15, 0.2) is 0 Å². The zero-order valence-electron chi connectivity index (χ0n) is 9.87. The van der Waals surface area contributed by atoms with Gasteiger partial charge in [-0.1, -0.05) is 17.7 Å². The first-order chi connectivity index (χ1) is 8.58. The summed E-state index contributed by atoms with van der Waals surface area (Å²) in [6.45, 7) is 2.15. The van der Waals surface area contributed by atoms with E-state index in [4.69, 9.17) is 21.8 Å². The number of halogens is 1. The number of rotatable bonds is 3. The van der Waals surface area contributed by atoms with Gasteiger partial charge in [0.25, 0.3) is 5.91 Å². The normalized spacial score (nSPS) is 10.3. The van der Waals surface area contributed by atoms with Gasteiger partial charge in [0, 0.05) is 5.69 Å². The number of benzene rings is 1. The zero-order valence-corrected chi connectivity index (χ0v) is 10.6. The monoisotopic (exact) mass is 264 g/mol. The average Bonchev–Trinajstić information content (AvgIpc) is 2.72. The van der Waals surface area contributed by atoms with E-state index in [0.29, 0.717) is 28.6 Å². The summed E-state index contributed by atoms with van der Waals surface area (Å²) >= 11 is 5.95. The molecular formula is C13H13ClN2O2. The Morgan fingerprint density at radius 3 is 2.78 bits per heavy atom. The minimum atomic E-state index is -0.313. The van der Waals surface area contributed by atoms with Crippen LogP contribution in [-0.4, -0.2) is 5.91 Å². The van der Waals surface area contributed by atoms with Gasteiger partial charge in [-0.05, 0) is 31.2 Å². The van der Waals surface area contributed by atoms with Crippen molar-refractivity contribution in [2.24, 2.45) is 0 Å². The number of nitrogen functional groups attached to an aromatic ring is 1. The lowest BCUT2D eigenvalue weighted by molar-refractivity contribution is 0.0949. The van der Waals surface area contributed by atoms with E-state index in [9.17, 15) is 4.79 Å². The lowest BCUT2D eigenvalue weighted by atomic mass is 10.1. The number of hydrogen-bond acceptors (Lipinski definition) is 3. The highest BCUT2D eigenvalue weighted by Crippen LogP contribution is 2.21. The Bertz CT molecular complexity index is 558. The van der Waals surface area contributed by atoms with Gasteiger partial charge in [-0.15, -0.1) is 0 Å². The Labute approximate surface area is 110 Å². The summed E-state index contributed by atoms with van der Waals surface area (Å²) in [6.07, 6.45) is 0. The number of aryl methyl sites for hydroxylation is 1. The molecule has 1 aromatic heterocycles. The number of carbonyl (C=O) groups is 1. The van der Waals surface area contributed by atoms with Crippen LogP contribution in [0.4, 0.5) is 5.69 Å². The number of nitrogens with two attached hydrogens (primary N) is 1. The molecule has 0 aliphatic heterocycles. The number of anilines is 1. The third kappa shape index (κ3) is 2.65. The van der Waals surface area contributed by atoms with Crippen LogP contribution in [0.1, 0.15) is 21.9 Å². The lowest BCUT2D eigenvalue weighted by Crippen LogP contribution is -2.24. The summed E-state index contributed by atoms with van der Waals surface area (Å²) in [4.78, 5) is 11.9. The summed E-state index contributed by atoms with van der Waals surface area (Å²) in [5, 5.41) is 3.05. The first-order valence-electron chi connectivity index (χ1n) is 5.45. The molecule has 2 aromatic rings. The van der Waals surface area contributed by atoms with E-state index >= 15 is 0 Å². The molecule has 0 bridgehead atoms. The van der Waals surface area contributed by atoms with Gasteiger partial charge in [-0.25, -0.2) is 0 Å². The quantitative estimate of drug-likeness (QED) is 0.838. The van der Waals surface area contributed by atoms with E-state index in [0.717, 1.165) is 5.76 Å². The first-order valence-corrected chi connectivity index (χ1v) is 5.83. The van der Waals surface area contributed by atoms with Crippen LogP contribution in [0.5, 0.6) is 0 Å². The lowest BCUT2D eigenvalue weighted by Gasteiger charge is -2.07. The summed E-state index contributed by atoms with van der Waals surface area (Å²) < 4.78 is 5.35. The second-order valence-corrected chi connectivity index (χ2v) is 4.31. The van der Waals surface area contributed by atoms with Gasteiger partial charge in [0.2, 0.25) is 0 Å². The predicted octanol–water partition coefficient (Wildman–Crippen LogP) is 2.75. The predicted molar refractivity (Wildman–Crippen MR) is 70.5 cm³/mol. The molecule has 0 aliphatic carbocycles. The fourth-order valence-corrected chi connectivity index (χ4v) is 1.88. The third-order valence-corrected chi connectivity index (χ3v) is 2.81. The maximum atomic E-state index is 11.9. The highest BCUT2D eigenvalue weighted by atomic mass is 35.5. The van der Waals surface area contributed by atoms with Gasteiger partial charge in [-0.2, -0.15) is 0 Å². The number of amides is 1. The van der Waals surface area contributed by atoms with E-state index in [1.54, 1.807) is 18.2 Å². The van der Waals surface area contributed by atoms with Crippen molar-refractivity contribution in [3.05, 3.63) is 52.4 Å². The highest BCUT2D eigenvalue weighted by Gasteiger charge is 2.13. The number of carbonyl (C=O) groups excluding carboxylic acids is 1. The van der Waals surface area contributed by atoms with Gasteiger partial charge in [0.05, 0.1) is 17.1 Å². The van der Waals surface area contributed by atoms with Crippen LogP contribution in [-0.2, 0) is 6.54 Å². The second-order valence-electron chi connectivity index (χ2n) is 3.90. The number of furan rings is 1. The van der Waals surface area contributed by atoms with Gasteiger partial charge in [0.1, 0.15) is 11.5 Å². The fourth-order valence-electron chi connectivity index (χ4n) is 1.62. The second kappa shape index (κ2) is 5.14. The maximum absolute atomic E-state index is 11.9. The molecule has 3 N–H and O–H groups in total. The molecule has 4 nitrogen and oxygen atoms in total. The largest absolute Gasteiger partial charge is 0.465 e. The molecule has 0 atom stereocenters.